The molecule has 0 saturated heterocycles. The average molecular weight is 463 g/mol. The Morgan fingerprint density at radius 3 is 2.33 bits per heavy atom. The molecule has 4 rings (SSSR count). The molecule has 0 heterocycles. The van der Waals surface area contributed by atoms with Crippen molar-refractivity contribution in [3.05, 3.63) is 53.8 Å². The highest BCUT2D eigenvalue weighted by molar-refractivity contribution is 5.65. The molecule has 5 heteroatoms. The Hall–Kier alpha value is -2.04. The summed E-state index contributed by atoms with van der Waals surface area (Å²) in [4.78, 5) is 0. The summed E-state index contributed by atoms with van der Waals surface area (Å²) in [6.07, 6.45) is 7.22. The molecule has 0 radical (unpaired) electrons. The summed E-state index contributed by atoms with van der Waals surface area (Å²) in [5.74, 6) is 2.79. The largest absolute Gasteiger partial charge is 0.484 e. The highest BCUT2D eigenvalue weighted by Gasteiger charge is 2.36. The van der Waals surface area contributed by atoms with Crippen LogP contribution in [-0.4, -0.2) is 12.8 Å². The van der Waals surface area contributed by atoms with Crippen molar-refractivity contribution < 1.29 is 22.3 Å². The van der Waals surface area contributed by atoms with Gasteiger partial charge in [-0.1, -0.05) is 56.9 Å². The maximum absolute atomic E-state index is 15.0. The Labute approximate surface area is 194 Å². The number of rotatable bonds is 7. The Kier molecular flexibility index (Phi) is 7.65. The fourth-order valence-electron chi connectivity index (χ4n) is 5.96. The van der Waals surface area contributed by atoms with Crippen molar-refractivity contribution in [2.75, 3.05) is 6.61 Å². The van der Waals surface area contributed by atoms with Gasteiger partial charge >= 0.3 is 6.18 Å². The van der Waals surface area contributed by atoms with Gasteiger partial charge in [-0.3, -0.25) is 0 Å². The second kappa shape index (κ2) is 10.5. The molecule has 33 heavy (non-hydrogen) atoms. The van der Waals surface area contributed by atoms with E-state index in [0.29, 0.717) is 17.0 Å². The van der Waals surface area contributed by atoms with Gasteiger partial charge in [0.1, 0.15) is 11.6 Å². The van der Waals surface area contributed by atoms with E-state index in [2.05, 4.69) is 6.92 Å². The van der Waals surface area contributed by atoms with Crippen molar-refractivity contribution in [1.29, 1.82) is 0 Å². The Morgan fingerprint density at radius 2 is 1.64 bits per heavy atom. The lowest BCUT2D eigenvalue weighted by Crippen LogP contribution is -2.30. The van der Waals surface area contributed by atoms with Gasteiger partial charge in [-0.15, -0.1) is 0 Å². The standard InChI is InChI=1S/C28H34F4O/c1-2-3-4-19-5-6-22-16-23(8-7-21(22)15-19)24-11-14-26(27(29)17-24)20-9-12-25(13-10-20)33-18-28(30,31)32/h9-14,17,19,21-23H,2-8,15-16,18H2,1H3/t19?,21-,22-,23-/m1/s1. The predicted octanol–water partition coefficient (Wildman–Crippen LogP) is 8.92. The topological polar surface area (TPSA) is 9.23 Å². The summed E-state index contributed by atoms with van der Waals surface area (Å²) < 4.78 is 56.7. The summed E-state index contributed by atoms with van der Waals surface area (Å²) >= 11 is 0. The number of hydrogen-bond acceptors (Lipinski definition) is 1. The molecule has 2 fully saturated rings. The Bertz CT molecular complexity index is 905. The van der Waals surface area contributed by atoms with Gasteiger partial charge in [0, 0.05) is 5.56 Å². The number of hydrogen-bond donors (Lipinski definition) is 0. The summed E-state index contributed by atoms with van der Waals surface area (Å²) in [5, 5.41) is 0. The zero-order valence-corrected chi connectivity index (χ0v) is 19.3. The fourth-order valence-corrected chi connectivity index (χ4v) is 5.96. The summed E-state index contributed by atoms with van der Waals surface area (Å²) in [6, 6.07) is 11.6. The number of ether oxygens (including phenoxy) is 1. The highest BCUT2D eigenvalue weighted by atomic mass is 19.4. The number of alkyl halides is 3. The third-order valence-corrected chi connectivity index (χ3v) is 7.72. The molecule has 1 nitrogen and oxygen atoms in total. The molecule has 2 aromatic carbocycles. The van der Waals surface area contributed by atoms with E-state index in [1.54, 1.807) is 18.2 Å². The van der Waals surface area contributed by atoms with Crippen LogP contribution >= 0.6 is 0 Å². The number of unbranched alkanes of at least 4 members (excludes halogenated alkanes) is 1. The van der Waals surface area contributed by atoms with E-state index in [0.717, 1.165) is 36.2 Å². The van der Waals surface area contributed by atoms with Gasteiger partial charge in [-0.25, -0.2) is 4.39 Å². The van der Waals surface area contributed by atoms with E-state index in [-0.39, 0.29) is 11.6 Å². The number of benzene rings is 2. The molecule has 180 valence electrons. The van der Waals surface area contributed by atoms with Crippen molar-refractivity contribution in [2.45, 2.75) is 76.8 Å². The molecule has 2 aliphatic rings. The fraction of sp³-hybridized carbons (Fsp3) is 0.571. The minimum atomic E-state index is -4.38. The average Bonchev–Trinajstić information content (AvgIpc) is 2.81. The van der Waals surface area contributed by atoms with E-state index >= 15 is 4.39 Å². The minimum absolute atomic E-state index is 0.120. The Balaban J connectivity index is 1.37. The van der Waals surface area contributed by atoms with Crippen LogP contribution in [0.2, 0.25) is 0 Å². The monoisotopic (exact) mass is 462 g/mol. The number of fused-ring (bicyclic) bond motifs is 1. The van der Waals surface area contributed by atoms with Crippen molar-refractivity contribution in [3.8, 4) is 16.9 Å². The van der Waals surface area contributed by atoms with Gasteiger partial charge in [-0.05, 0) is 85.1 Å². The molecule has 2 saturated carbocycles. The van der Waals surface area contributed by atoms with Crippen LogP contribution in [0.1, 0.15) is 76.2 Å². The zero-order chi connectivity index (χ0) is 23.4. The molecule has 4 atom stereocenters. The van der Waals surface area contributed by atoms with Crippen LogP contribution in [0.3, 0.4) is 0 Å². The molecule has 1 unspecified atom stereocenters. The van der Waals surface area contributed by atoms with Gasteiger partial charge in [0.05, 0.1) is 0 Å². The molecular weight excluding hydrogens is 428 g/mol. The lowest BCUT2D eigenvalue weighted by Gasteiger charge is -2.42. The van der Waals surface area contributed by atoms with Crippen LogP contribution in [-0.2, 0) is 0 Å². The minimum Gasteiger partial charge on any atom is -0.484 e. The summed E-state index contributed by atoms with van der Waals surface area (Å²) in [6.45, 7) is 0.932. The first-order valence-corrected chi connectivity index (χ1v) is 12.4. The molecule has 2 aliphatic carbocycles. The van der Waals surface area contributed by atoms with Crippen LogP contribution < -0.4 is 4.74 Å². The SMILES string of the molecule is CCCCC1CC[C@@H]2C[C@H](c3ccc(-c4ccc(OCC(F)(F)F)cc4)c(F)c3)CC[C@@H]2C1. The smallest absolute Gasteiger partial charge is 0.422 e. The maximum atomic E-state index is 15.0. The van der Waals surface area contributed by atoms with E-state index < -0.39 is 12.8 Å². The van der Waals surface area contributed by atoms with E-state index in [1.807, 2.05) is 12.1 Å². The Morgan fingerprint density at radius 1 is 0.909 bits per heavy atom. The van der Waals surface area contributed by atoms with Crippen molar-refractivity contribution in [2.24, 2.45) is 17.8 Å². The van der Waals surface area contributed by atoms with Gasteiger partial charge in [-0.2, -0.15) is 13.2 Å². The maximum Gasteiger partial charge on any atom is 0.422 e. The van der Waals surface area contributed by atoms with Gasteiger partial charge in [0.15, 0.2) is 6.61 Å². The first-order chi connectivity index (χ1) is 15.8. The molecule has 0 aliphatic heterocycles. The zero-order valence-electron chi connectivity index (χ0n) is 19.3. The second-order valence-electron chi connectivity index (χ2n) is 10.0. The highest BCUT2D eigenvalue weighted by Crippen LogP contribution is 2.48. The summed E-state index contributed by atoms with van der Waals surface area (Å²) in [7, 11) is 0. The van der Waals surface area contributed by atoms with E-state index in [1.165, 1.54) is 57.1 Å². The first-order valence-electron chi connectivity index (χ1n) is 12.4. The van der Waals surface area contributed by atoms with Gasteiger partial charge in [0.2, 0.25) is 0 Å². The third kappa shape index (κ3) is 6.30. The normalized spacial score (nSPS) is 25.5. The van der Waals surface area contributed by atoms with E-state index in [9.17, 15) is 13.2 Å². The molecular formula is C28H34F4O. The van der Waals surface area contributed by atoms with Gasteiger partial charge in [0.25, 0.3) is 0 Å². The summed E-state index contributed by atoms with van der Waals surface area (Å²) in [5.41, 5.74) is 2.17. The quantitative estimate of drug-likeness (QED) is 0.373. The van der Waals surface area contributed by atoms with E-state index in [4.69, 9.17) is 4.74 Å². The molecule has 0 aromatic heterocycles. The first kappa shape index (κ1) is 24.1. The lowest BCUT2D eigenvalue weighted by atomic mass is 9.63. The van der Waals surface area contributed by atoms with Crippen LogP contribution in [0.5, 0.6) is 5.75 Å². The predicted molar refractivity (Wildman–Crippen MR) is 124 cm³/mol. The van der Waals surface area contributed by atoms with Crippen LogP contribution in [0.15, 0.2) is 42.5 Å². The lowest BCUT2D eigenvalue weighted by molar-refractivity contribution is -0.153. The van der Waals surface area contributed by atoms with Crippen molar-refractivity contribution in [1.82, 2.24) is 0 Å². The molecule has 0 amide bonds. The second-order valence-corrected chi connectivity index (χ2v) is 10.0. The molecule has 2 aromatic rings. The van der Waals surface area contributed by atoms with Gasteiger partial charge < -0.3 is 4.74 Å². The molecule has 0 bridgehead atoms. The van der Waals surface area contributed by atoms with Crippen molar-refractivity contribution in [3.63, 3.8) is 0 Å². The molecule has 0 N–H and O–H groups in total. The number of halogens is 4. The third-order valence-electron chi connectivity index (χ3n) is 7.72. The molecule has 0 spiro atoms. The van der Waals surface area contributed by atoms with Crippen molar-refractivity contribution >= 4 is 0 Å². The van der Waals surface area contributed by atoms with Crippen LogP contribution in [0.4, 0.5) is 17.6 Å². The van der Waals surface area contributed by atoms with Crippen LogP contribution in [0, 0.1) is 23.6 Å². The van der Waals surface area contributed by atoms with Crippen LogP contribution in [0.25, 0.3) is 11.1 Å².